The lowest BCUT2D eigenvalue weighted by molar-refractivity contribution is 0.0393. The molecule has 0 atom stereocenters. The number of pyridine rings is 2. The molecule has 154 valence electrons. The Labute approximate surface area is 176 Å². The zero-order chi connectivity index (χ0) is 20.3. The van der Waals surface area contributed by atoms with Gasteiger partial charge in [-0.15, -0.1) is 0 Å². The van der Waals surface area contributed by atoms with Gasteiger partial charge in [0.2, 0.25) is 0 Å². The number of hydrogen-bond acceptors (Lipinski definition) is 7. The van der Waals surface area contributed by atoms with Gasteiger partial charge in [-0.25, -0.2) is 4.98 Å². The molecule has 4 heterocycles. The van der Waals surface area contributed by atoms with Crippen molar-refractivity contribution in [2.45, 2.75) is 6.54 Å². The minimum Gasteiger partial charge on any atom is -0.379 e. The van der Waals surface area contributed by atoms with Crippen LogP contribution < -0.4 is 10.2 Å². The number of anilines is 2. The maximum atomic E-state index is 5.44. The first-order chi connectivity index (χ1) is 14.8. The second-order valence-electron chi connectivity index (χ2n) is 7.73. The highest BCUT2D eigenvalue weighted by Gasteiger charge is 2.17. The van der Waals surface area contributed by atoms with E-state index in [4.69, 9.17) is 4.74 Å². The first-order valence-electron chi connectivity index (χ1n) is 10.4. The molecule has 0 amide bonds. The maximum Gasteiger partial charge on any atom is 0.136 e. The predicted molar refractivity (Wildman–Crippen MR) is 120 cm³/mol. The fraction of sp³-hybridized carbons (Fsp3) is 0.348. The lowest BCUT2D eigenvalue weighted by atomic mass is 10.1. The van der Waals surface area contributed by atoms with E-state index in [9.17, 15) is 0 Å². The molecule has 1 saturated heterocycles. The molecule has 0 spiro atoms. The summed E-state index contributed by atoms with van der Waals surface area (Å²) in [4.78, 5) is 18.4. The van der Waals surface area contributed by atoms with Crippen LogP contribution in [0.1, 0.15) is 11.3 Å². The lowest BCUT2D eigenvalue weighted by Gasteiger charge is -2.29. The van der Waals surface area contributed by atoms with Crippen molar-refractivity contribution in [2.75, 3.05) is 56.7 Å². The normalized spacial score (nSPS) is 16.4. The van der Waals surface area contributed by atoms with E-state index in [0.29, 0.717) is 6.54 Å². The lowest BCUT2D eigenvalue weighted by Crippen LogP contribution is -2.40. The van der Waals surface area contributed by atoms with Crippen molar-refractivity contribution < 1.29 is 4.74 Å². The van der Waals surface area contributed by atoms with Crippen molar-refractivity contribution in [2.24, 2.45) is 4.99 Å². The number of benzene rings is 1. The molecule has 2 aliphatic rings. The molecule has 1 aromatic carbocycles. The van der Waals surface area contributed by atoms with Crippen LogP contribution in [0.4, 0.5) is 11.5 Å². The highest BCUT2D eigenvalue weighted by molar-refractivity contribution is 6.11. The van der Waals surface area contributed by atoms with Gasteiger partial charge in [0.1, 0.15) is 11.7 Å². The van der Waals surface area contributed by atoms with Crippen LogP contribution in [0.2, 0.25) is 0 Å². The topological polar surface area (TPSA) is 65.9 Å². The third-order valence-electron chi connectivity index (χ3n) is 5.76. The van der Waals surface area contributed by atoms with Crippen LogP contribution in [0, 0.1) is 0 Å². The summed E-state index contributed by atoms with van der Waals surface area (Å²) in [5.74, 6) is 1.90. The molecular formula is C23H26N6O. The van der Waals surface area contributed by atoms with Gasteiger partial charge >= 0.3 is 0 Å². The van der Waals surface area contributed by atoms with Crippen LogP contribution in [-0.4, -0.2) is 67.1 Å². The van der Waals surface area contributed by atoms with E-state index in [2.05, 4.69) is 67.5 Å². The highest BCUT2D eigenvalue weighted by atomic mass is 16.5. The monoisotopic (exact) mass is 402 g/mol. The van der Waals surface area contributed by atoms with Gasteiger partial charge in [0.05, 0.1) is 25.5 Å². The fourth-order valence-corrected chi connectivity index (χ4v) is 4.03. The van der Waals surface area contributed by atoms with Crippen LogP contribution in [-0.2, 0) is 11.3 Å². The minimum atomic E-state index is 0.633. The molecule has 30 heavy (non-hydrogen) atoms. The van der Waals surface area contributed by atoms with Gasteiger partial charge in [0.25, 0.3) is 0 Å². The second-order valence-corrected chi connectivity index (χ2v) is 7.73. The van der Waals surface area contributed by atoms with E-state index in [1.807, 2.05) is 18.5 Å². The molecule has 1 N–H and O–H groups in total. The SMILES string of the molecule is CN(CCN1CCOCC1)c1nccc2cc(NC3=NCc4ncccc43)ccc12. The Balaban J connectivity index is 1.32. The molecule has 0 aliphatic carbocycles. The summed E-state index contributed by atoms with van der Waals surface area (Å²) in [6.07, 6.45) is 3.70. The summed E-state index contributed by atoms with van der Waals surface area (Å²) < 4.78 is 5.44. The van der Waals surface area contributed by atoms with Gasteiger partial charge in [-0.1, -0.05) is 0 Å². The number of amidine groups is 1. The summed E-state index contributed by atoms with van der Waals surface area (Å²) in [7, 11) is 2.12. The van der Waals surface area contributed by atoms with Crippen molar-refractivity contribution in [3.05, 3.63) is 60.0 Å². The number of nitrogens with zero attached hydrogens (tertiary/aromatic N) is 5. The minimum absolute atomic E-state index is 0.633. The number of hydrogen-bond donors (Lipinski definition) is 1. The average molecular weight is 403 g/mol. The molecule has 2 aromatic heterocycles. The third kappa shape index (κ3) is 3.86. The summed E-state index contributed by atoms with van der Waals surface area (Å²) in [6.45, 7) is 6.27. The van der Waals surface area contributed by atoms with Crippen LogP contribution in [0.15, 0.2) is 53.8 Å². The van der Waals surface area contributed by atoms with Crippen molar-refractivity contribution in [1.29, 1.82) is 0 Å². The number of ether oxygens (including phenoxy) is 1. The number of aliphatic imine (C=N–C) groups is 1. The molecular weight excluding hydrogens is 376 g/mol. The molecule has 7 heteroatoms. The molecule has 2 aliphatic heterocycles. The molecule has 1 fully saturated rings. The summed E-state index contributed by atoms with van der Waals surface area (Å²) in [5, 5.41) is 5.78. The van der Waals surface area contributed by atoms with E-state index in [1.165, 1.54) is 0 Å². The molecule has 7 nitrogen and oxygen atoms in total. The standard InChI is InChI=1S/C23H26N6O/c1-28(9-10-29-11-13-30-14-12-29)23-19-5-4-18(15-17(19)6-8-25-23)27-22-20-3-2-7-24-21(20)16-26-22/h2-8,15H,9-14,16H2,1H3,(H,26,27). The molecule has 0 saturated carbocycles. The molecule has 0 unspecified atom stereocenters. The van der Waals surface area contributed by atoms with Crippen LogP contribution in [0.25, 0.3) is 10.8 Å². The smallest absolute Gasteiger partial charge is 0.136 e. The Kier molecular flexibility index (Phi) is 5.29. The number of morpholine rings is 1. The van der Waals surface area contributed by atoms with Gasteiger partial charge in [0, 0.05) is 62.3 Å². The van der Waals surface area contributed by atoms with E-state index in [1.54, 1.807) is 0 Å². The number of rotatable bonds is 5. The Morgan fingerprint density at radius 1 is 1.10 bits per heavy atom. The predicted octanol–water partition coefficient (Wildman–Crippen LogP) is 2.77. The van der Waals surface area contributed by atoms with Crippen LogP contribution in [0.5, 0.6) is 0 Å². The second kappa shape index (κ2) is 8.38. The number of aromatic nitrogens is 2. The molecule has 5 rings (SSSR count). The Bertz CT molecular complexity index is 1080. The van der Waals surface area contributed by atoms with Crippen molar-refractivity contribution in [1.82, 2.24) is 14.9 Å². The zero-order valence-corrected chi connectivity index (χ0v) is 17.2. The maximum absolute atomic E-state index is 5.44. The van der Waals surface area contributed by atoms with Gasteiger partial charge < -0.3 is 15.0 Å². The quantitative estimate of drug-likeness (QED) is 0.708. The number of nitrogens with one attached hydrogen (secondary N) is 1. The van der Waals surface area contributed by atoms with Gasteiger partial charge in [0.15, 0.2) is 0 Å². The molecule has 0 radical (unpaired) electrons. The number of likely N-dealkylation sites (N-methyl/N-ethyl adjacent to an activating group) is 1. The summed E-state index contributed by atoms with van der Waals surface area (Å²) in [5.41, 5.74) is 3.12. The first kappa shape index (κ1) is 19.0. The van der Waals surface area contributed by atoms with E-state index in [0.717, 1.165) is 78.8 Å². The first-order valence-corrected chi connectivity index (χ1v) is 10.4. The van der Waals surface area contributed by atoms with Crippen molar-refractivity contribution in [3.8, 4) is 0 Å². The fourth-order valence-electron chi connectivity index (χ4n) is 4.03. The third-order valence-corrected chi connectivity index (χ3v) is 5.76. The zero-order valence-electron chi connectivity index (χ0n) is 17.2. The number of fused-ring (bicyclic) bond motifs is 2. The van der Waals surface area contributed by atoms with Crippen molar-refractivity contribution in [3.63, 3.8) is 0 Å². The Hall–Kier alpha value is -3.03. The van der Waals surface area contributed by atoms with E-state index >= 15 is 0 Å². The molecule has 3 aromatic rings. The average Bonchev–Trinajstić information content (AvgIpc) is 3.20. The highest BCUT2D eigenvalue weighted by Crippen LogP contribution is 2.27. The van der Waals surface area contributed by atoms with E-state index in [-0.39, 0.29) is 0 Å². The Morgan fingerprint density at radius 3 is 2.90 bits per heavy atom. The summed E-state index contributed by atoms with van der Waals surface area (Å²) >= 11 is 0. The van der Waals surface area contributed by atoms with Crippen LogP contribution in [0.3, 0.4) is 0 Å². The largest absolute Gasteiger partial charge is 0.379 e. The van der Waals surface area contributed by atoms with E-state index < -0.39 is 0 Å². The van der Waals surface area contributed by atoms with Crippen LogP contribution >= 0.6 is 0 Å². The Morgan fingerprint density at radius 2 is 2.00 bits per heavy atom. The molecule has 0 bridgehead atoms. The van der Waals surface area contributed by atoms with Crippen molar-refractivity contribution >= 4 is 28.1 Å². The van der Waals surface area contributed by atoms with Gasteiger partial charge in [-0.2, -0.15) is 0 Å². The van der Waals surface area contributed by atoms with Gasteiger partial charge in [-0.05, 0) is 41.8 Å². The summed E-state index contributed by atoms with van der Waals surface area (Å²) in [6, 6.07) is 12.5. The van der Waals surface area contributed by atoms with Gasteiger partial charge in [-0.3, -0.25) is 14.9 Å².